The highest BCUT2D eigenvalue weighted by atomic mass is 19.3. The second-order valence-electron chi connectivity index (χ2n) is 2.01. The maximum atomic E-state index is 11.9. The highest BCUT2D eigenvalue weighted by molar-refractivity contribution is 4.43. The summed E-state index contributed by atoms with van der Waals surface area (Å²) in [4.78, 5) is 0. The van der Waals surface area contributed by atoms with Gasteiger partial charge in [-0.05, 0) is 6.54 Å². The van der Waals surface area contributed by atoms with E-state index in [4.69, 9.17) is 0 Å². The van der Waals surface area contributed by atoms with Crippen molar-refractivity contribution in [3.63, 3.8) is 0 Å². The van der Waals surface area contributed by atoms with Gasteiger partial charge in [-0.3, -0.25) is 0 Å². The van der Waals surface area contributed by atoms with E-state index in [0.29, 0.717) is 6.54 Å². The average molecular weight is 153 g/mol. The minimum atomic E-state index is -2.99. The minimum Gasteiger partial charge on any atom is -0.319 e. The van der Waals surface area contributed by atoms with Crippen LogP contribution in [0.1, 0.15) is 13.8 Å². The fourth-order valence-electron chi connectivity index (χ4n) is 0.479. The lowest BCUT2D eigenvalue weighted by molar-refractivity contribution is -0.222. The summed E-state index contributed by atoms with van der Waals surface area (Å²) in [5.41, 5.74) is 0. The normalized spacial score (nSPS) is 12.0. The quantitative estimate of drug-likeness (QED) is 0.600. The van der Waals surface area contributed by atoms with Crippen molar-refractivity contribution in [3.05, 3.63) is 0 Å². The van der Waals surface area contributed by atoms with Crippen LogP contribution in [-0.2, 0) is 4.74 Å². The maximum absolute atomic E-state index is 11.9. The molecule has 0 aromatic carbocycles. The van der Waals surface area contributed by atoms with Gasteiger partial charge in [-0.15, -0.1) is 0 Å². The van der Waals surface area contributed by atoms with Crippen LogP contribution >= 0.6 is 0 Å². The number of alkyl halides is 2. The molecule has 0 rings (SSSR count). The van der Waals surface area contributed by atoms with Gasteiger partial charge in [0.25, 0.3) is 0 Å². The molecule has 4 heteroatoms. The Morgan fingerprint density at radius 1 is 1.50 bits per heavy atom. The first kappa shape index (κ1) is 9.78. The monoisotopic (exact) mass is 153 g/mol. The number of hydrogen-bond acceptors (Lipinski definition) is 2. The molecule has 0 unspecified atom stereocenters. The Labute approximate surface area is 59.6 Å². The Bertz CT molecular complexity index is 82.3. The zero-order valence-electron chi connectivity index (χ0n) is 6.29. The SMILES string of the molecule is CCNCCOC(C)(F)F. The third-order valence-corrected chi connectivity index (χ3v) is 0.884. The second-order valence-corrected chi connectivity index (χ2v) is 2.01. The summed E-state index contributed by atoms with van der Waals surface area (Å²) in [7, 11) is 0. The zero-order chi connectivity index (χ0) is 8.04. The number of halogens is 2. The lowest BCUT2D eigenvalue weighted by atomic mass is 10.6. The van der Waals surface area contributed by atoms with E-state index in [-0.39, 0.29) is 6.61 Å². The van der Waals surface area contributed by atoms with Gasteiger partial charge >= 0.3 is 6.11 Å². The summed E-state index contributed by atoms with van der Waals surface area (Å²) in [5, 5.41) is 2.86. The molecule has 0 radical (unpaired) electrons. The van der Waals surface area contributed by atoms with Gasteiger partial charge < -0.3 is 10.1 Å². The molecule has 1 N–H and O–H groups in total. The van der Waals surface area contributed by atoms with Crippen LogP contribution in [0.4, 0.5) is 8.78 Å². The molecular weight excluding hydrogens is 140 g/mol. The largest absolute Gasteiger partial charge is 0.352 e. The van der Waals surface area contributed by atoms with Gasteiger partial charge in [0.1, 0.15) is 0 Å². The van der Waals surface area contributed by atoms with Crippen molar-refractivity contribution in [2.24, 2.45) is 0 Å². The van der Waals surface area contributed by atoms with Crippen LogP contribution in [0, 0.1) is 0 Å². The summed E-state index contributed by atoms with van der Waals surface area (Å²) in [6.07, 6.45) is -2.99. The Hall–Kier alpha value is -0.220. The van der Waals surface area contributed by atoms with Crippen molar-refractivity contribution in [2.45, 2.75) is 20.0 Å². The van der Waals surface area contributed by atoms with Crippen LogP contribution in [0.2, 0.25) is 0 Å². The third kappa shape index (κ3) is 7.78. The number of rotatable bonds is 5. The van der Waals surface area contributed by atoms with Crippen molar-refractivity contribution in [2.75, 3.05) is 19.7 Å². The summed E-state index contributed by atoms with van der Waals surface area (Å²) in [6, 6.07) is 0. The third-order valence-electron chi connectivity index (χ3n) is 0.884. The van der Waals surface area contributed by atoms with Gasteiger partial charge in [0.05, 0.1) is 6.61 Å². The van der Waals surface area contributed by atoms with Crippen LogP contribution < -0.4 is 5.32 Å². The van der Waals surface area contributed by atoms with Crippen molar-refractivity contribution in [1.82, 2.24) is 5.32 Å². The zero-order valence-corrected chi connectivity index (χ0v) is 6.29. The van der Waals surface area contributed by atoms with E-state index in [1.807, 2.05) is 6.92 Å². The van der Waals surface area contributed by atoms with Crippen molar-refractivity contribution in [3.8, 4) is 0 Å². The minimum absolute atomic E-state index is 0.0529. The van der Waals surface area contributed by atoms with E-state index in [9.17, 15) is 8.78 Å². The van der Waals surface area contributed by atoms with Gasteiger partial charge in [-0.2, -0.15) is 8.78 Å². The molecule has 0 atom stereocenters. The predicted octanol–water partition coefficient (Wildman–Crippen LogP) is 1.23. The van der Waals surface area contributed by atoms with E-state index < -0.39 is 6.11 Å². The lowest BCUT2D eigenvalue weighted by Gasteiger charge is -2.10. The predicted molar refractivity (Wildman–Crippen MR) is 35.1 cm³/mol. The van der Waals surface area contributed by atoms with Gasteiger partial charge in [0, 0.05) is 13.5 Å². The standard InChI is InChI=1S/C6H13F2NO/c1-3-9-4-5-10-6(2,7)8/h9H,3-5H2,1-2H3. The van der Waals surface area contributed by atoms with Crippen LogP contribution in [-0.4, -0.2) is 25.8 Å². The van der Waals surface area contributed by atoms with Crippen LogP contribution in [0.15, 0.2) is 0 Å². The molecule has 0 amide bonds. The topological polar surface area (TPSA) is 21.3 Å². The summed E-state index contributed by atoms with van der Waals surface area (Å²) < 4.78 is 27.9. The van der Waals surface area contributed by atoms with Gasteiger partial charge in [0.15, 0.2) is 0 Å². The fraction of sp³-hybridized carbons (Fsp3) is 1.00. The molecule has 0 aliphatic heterocycles. The molecule has 0 bridgehead atoms. The van der Waals surface area contributed by atoms with E-state index in [1.54, 1.807) is 0 Å². The van der Waals surface area contributed by atoms with Gasteiger partial charge in [0.2, 0.25) is 0 Å². The van der Waals surface area contributed by atoms with E-state index >= 15 is 0 Å². The summed E-state index contributed by atoms with van der Waals surface area (Å²) >= 11 is 0. The first-order chi connectivity index (χ1) is 4.56. The molecule has 0 heterocycles. The lowest BCUT2D eigenvalue weighted by Crippen LogP contribution is -2.24. The number of nitrogens with one attached hydrogen (secondary N) is 1. The molecule has 2 nitrogen and oxygen atoms in total. The van der Waals surface area contributed by atoms with E-state index in [1.165, 1.54) is 0 Å². The molecule has 0 aromatic heterocycles. The van der Waals surface area contributed by atoms with Gasteiger partial charge in [-0.1, -0.05) is 6.92 Å². The summed E-state index contributed by atoms with van der Waals surface area (Å²) in [6.45, 7) is 3.94. The molecule has 0 spiro atoms. The molecule has 0 fully saturated rings. The molecule has 0 saturated heterocycles. The first-order valence-electron chi connectivity index (χ1n) is 3.28. The molecular formula is C6H13F2NO. The Balaban J connectivity index is 3.04. The molecule has 62 valence electrons. The Morgan fingerprint density at radius 3 is 2.50 bits per heavy atom. The fourth-order valence-corrected chi connectivity index (χ4v) is 0.479. The maximum Gasteiger partial charge on any atom is 0.352 e. The molecule has 0 aliphatic carbocycles. The van der Waals surface area contributed by atoms with Crippen LogP contribution in [0.25, 0.3) is 0 Å². The van der Waals surface area contributed by atoms with Crippen molar-refractivity contribution < 1.29 is 13.5 Å². The molecule has 0 aliphatic rings. The second kappa shape index (κ2) is 4.57. The van der Waals surface area contributed by atoms with Crippen molar-refractivity contribution in [1.29, 1.82) is 0 Å². The molecule has 0 aromatic rings. The molecule has 0 saturated carbocycles. The van der Waals surface area contributed by atoms with Crippen molar-refractivity contribution >= 4 is 0 Å². The highest BCUT2D eigenvalue weighted by Gasteiger charge is 2.20. The average Bonchev–Trinajstić information content (AvgIpc) is 1.78. The highest BCUT2D eigenvalue weighted by Crippen LogP contribution is 2.11. The Morgan fingerprint density at radius 2 is 2.10 bits per heavy atom. The number of ether oxygens (including phenoxy) is 1. The van der Waals surface area contributed by atoms with Crippen LogP contribution in [0.3, 0.4) is 0 Å². The van der Waals surface area contributed by atoms with Crippen LogP contribution in [0.5, 0.6) is 0 Å². The Kier molecular flexibility index (Phi) is 4.47. The first-order valence-corrected chi connectivity index (χ1v) is 3.28. The number of likely N-dealkylation sites (N-methyl/N-ethyl adjacent to an activating group) is 1. The summed E-state index contributed by atoms with van der Waals surface area (Å²) in [5.74, 6) is 0. The van der Waals surface area contributed by atoms with E-state index in [2.05, 4.69) is 10.1 Å². The van der Waals surface area contributed by atoms with E-state index in [0.717, 1.165) is 13.5 Å². The number of hydrogen-bond donors (Lipinski definition) is 1. The smallest absolute Gasteiger partial charge is 0.319 e. The van der Waals surface area contributed by atoms with Gasteiger partial charge in [-0.25, -0.2) is 0 Å². The molecule has 10 heavy (non-hydrogen) atoms.